The molecule has 0 unspecified atom stereocenters. The predicted molar refractivity (Wildman–Crippen MR) is 97.6 cm³/mol. The Morgan fingerprint density at radius 1 is 1.46 bits per heavy atom. The maximum absolute atomic E-state index is 12.3. The first kappa shape index (κ1) is 16.9. The molecule has 0 aliphatic heterocycles. The van der Waals surface area contributed by atoms with E-state index in [1.54, 1.807) is 17.4 Å². The fourth-order valence-electron chi connectivity index (χ4n) is 2.53. The van der Waals surface area contributed by atoms with Crippen molar-refractivity contribution in [1.29, 1.82) is 0 Å². The minimum Gasteiger partial charge on any atom is -0.337 e. The van der Waals surface area contributed by atoms with Crippen LogP contribution in [0.25, 0.3) is 10.2 Å². The number of nitrogens with two attached hydrogens (primary N) is 1. The van der Waals surface area contributed by atoms with Crippen LogP contribution in [-0.2, 0) is 11.3 Å². The second-order valence-electron chi connectivity index (χ2n) is 5.47. The SMILES string of the molecule is Cc1cc(Cl)cc2sc(N(CCCn3ccnc3)C(=O)CN)nc12. The third-order valence-electron chi connectivity index (χ3n) is 3.70. The third kappa shape index (κ3) is 3.58. The van der Waals surface area contributed by atoms with Gasteiger partial charge in [0.1, 0.15) is 0 Å². The smallest absolute Gasteiger partial charge is 0.242 e. The van der Waals surface area contributed by atoms with Crippen molar-refractivity contribution < 1.29 is 4.79 Å². The molecular formula is C16H18ClN5OS. The number of aromatic nitrogens is 3. The van der Waals surface area contributed by atoms with Crippen molar-refractivity contribution in [2.45, 2.75) is 19.9 Å². The number of nitrogens with zero attached hydrogens (tertiary/aromatic N) is 4. The quantitative estimate of drug-likeness (QED) is 0.730. The predicted octanol–water partition coefficient (Wildman–Crippen LogP) is 2.84. The summed E-state index contributed by atoms with van der Waals surface area (Å²) in [7, 11) is 0. The average Bonchev–Trinajstić information content (AvgIpc) is 3.20. The molecular weight excluding hydrogens is 346 g/mol. The van der Waals surface area contributed by atoms with E-state index in [0.29, 0.717) is 16.7 Å². The minimum atomic E-state index is -0.136. The molecule has 1 amide bonds. The number of anilines is 1. The van der Waals surface area contributed by atoms with Crippen LogP contribution >= 0.6 is 22.9 Å². The molecule has 8 heteroatoms. The molecule has 0 spiro atoms. The molecule has 126 valence electrons. The Bertz CT molecular complexity index is 846. The first-order valence-electron chi connectivity index (χ1n) is 7.61. The number of hydrogen-bond donors (Lipinski definition) is 1. The lowest BCUT2D eigenvalue weighted by Crippen LogP contribution is -2.37. The van der Waals surface area contributed by atoms with Gasteiger partial charge in [-0.25, -0.2) is 9.97 Å². The third-order valence-corrected chi connectivity index (χ3v) is 4.95. The molecule has 0 bridgehead atoms. The standard InChI is InChI=1S/C16H18ClN5OS/c1-11-7-12(17)8-13-15(11)20-16(24-13)22(14(23)9-18)5-2-4-21-6-3-19-10-21/h3,6-8,10H,2,4-5,9,18H2,1H3. The Hall–Kier alpha value is -1.96. The number of amides is 1. The maximum atomic E-state index is 12.3. The van der Waals surface area contributed by atoms with E-state index in [0.717, 1.165) is 28.7 Å². The number of aryl methyl sites for hydroxylation is 2. The number of carbonyl (C=O) groups excluding carboxylic acids is 1. The van der Waals surface area contributed by atoms with Gasteiger partial charge in [-0.15, -0.1) is 0 Å². The van der Waals surface area contributed by atoms with Crippen LogP contribution in [0, 0.1) is 6.92 Å². The molecule has 0 saturated carbocycles. The Morgan fingerprint density at radius 2 is 2.29 bits per heavy atom. The number of carbonyl (C=O) groups is 1. The lowest BCUT2D eigenvalue weighted by molar-refractivity contribution is -0.117. The Balaban J connectivity index is 1.82. The van der Waals surface area contributed by atoms with Gasteiger partial charge in [-0.05, 0) is 31.0 Å². The van der Waals surface area contributed by atoms with Gasteiger partial charge in [0.25, 0.3) is 0 Å². The number of thiazole rings is 1. The van der Waals surface area contributed by atoms with E-state index < -0.39 is 0 Å². The summed E-state index contributed by atoms with van der Waals surface area (Å²) in [6.45, 7) is 3.26. The summed E-state index contributed by atoms with van der Waals surface area (Å²) in [5.74, 6) is -0.136. The molecule has 6 nitrogen and oxygen atoms in total. The van der Waals surface area contributed by atoms with Crippen LogP contribution < -0.4 is 10.6 Å². The number of fused-ring (bicyclic) bond motifs is 1. The summed E-state index contributed by atoms with van der Waals surface area (Å²) in [6, 6.07) is 3.75. The van der Waals surface area contributed by atoms with Crippen LogP contribution in [0.1, 0.15) is 12.0 Å². The van der Waals surface area contributed by atoms with Crippen LogP contribution in [0.5, 0.6) is 0 Å². The highest BCUT2D eigenvalue weighted by molar-refractivity contribution is 7.22. The fourth-order valence-corrected chi connectivity index (χ4v) is 3.99. The van der Waals surface area contributed by atoms with Crippen molar-refractivity contribution in [3.8, 4) is 0 Å². The maximum Gasteiger partial charge on any atom is 0.242 e. The molecule has 2 N–H and O–H groups in total. The Morgan fingerprint density at radius 3 is 3.00 bits per heavy atom. The van der Waals surface area contributed by atoms with Crippen molar-refractivity contribution in [1.82, 2.24) is 14.5 Å². The molecule has 3 aromatic rings. The van der Waals surface area contributed by atoms with E-state index in [1.165, 1.54) is 11.3 Å². The van der Waals surface area contributed by atoms with Gasteiger partial charge in [-0.3, -0.25) is 9.69 Å². The molecule has 0 saturated heterocycles. The minimum absolute atomic E-state index is 0.0409. The molecule has 3 rings (SSSR count). The zero-order valence-electron chi connectivity index (χ0n) is 13.3. The van der Waals surface area contributed by atoms with Gasteiger partial charge < -0.3 is 10.3 Å². The van der Waals surface area contributed by atoms with Crippen molar-refractivity contribution >= 4 is 44.2 Å². The highest BCUT2D eigenvalue weighted by Crippen LogP contribution is 2.33. The largest absolute Gasteiger partial charge is 0.337 e. The first-order valence-corrected chi connectivity index (χ1v) is 8.81. The molecule has 2 aromatic heterocycles. The van der Waals surface area contributed by atoms with Crippen LogP contribution in [0.2, 0.25) is 5.02 Å². The summed E-state index contributed by atoms with van der Waals surface area (Å²) in [6.07, 6.45) is 6.19. The molecule has 0 aliphatic rings. The number of imidazole rings is 1. The van der Waals surface area contributed by atoms with Crippen molar-refractivity contribution in [2.75, 3.05) is 18.0 Å². The summed E-state index contributed by atoms with van der Waals surface area (Å²) >= 11 is 7.57. The van der Waals surface area contributed by atoms with Gasteiger partial charge in [0.15, 0.2) is 5.13 Å². The molecule has 0 fully saturated rings. The summed E-state index contributed by atoms with van der Waals surface area (Å²) in [4.78, 5) is 22.6. The number of hydrogen-bond acceptors (Lipinski definition) is 5. The van der Waals surface area contributed by atoms with Gasteiger partial charge >= 0.3 is 0 Å². The van der Waals surface area contributed by atoms with Crippen molar-refractivity contribution in [2.24, 2.45) is 5.73 Å². The number of rotatable bonds is 6. The molecule has 24 heavy (non-hydrogen) atoms. The van der Waals surface area contributed by atoms with Crippen molar-refractivity contribution in [3.63, 3.8) is 0 Å². The molecule has 0 atom stereocenters. The Kier molecular flexibility index (Phi) is 5.13. The monoisotopic (exact) mass is 363 g/mol. The zero-order chi connectivity index (χ0) is 17.1. The van der Waals surface area contributed by atoms with E-state index >= 15 is 0 Å². The lowest BCUT2D eigenvalue weighted by atomic mass is 10.2. The van der Waals surface area contributed by atoms with E-state index in [9.17, 15) is 4.79 Å². The van der Waals surface area contributed by atoms with E-state index in [1.807, 2.05) is 29.8 Å². The van der Waals surface area contributed by atoms with Gasteiger partial charge in [-0.1, -0.05) is 22.9 Å². The Labute approximate surface area is 148 Å². The van der Waals surface area contributed by atoms with E-state index in [4.69, 9.17) is 17.3 Å². The van der Waals surface area contributed by atoms with Gasteiger partial charge in [-0.2, -0.15) is 0 Å². The highest BCUT2D eigenvalue weighted by Gasteiger charge is 2.19. The van der Waals surface area contributed by atoms with Gasteiger partial charge in [0.2, 0.25) is 5.91 Å². The average molecular weight is 364 g/mol. The van der Waals surface area contributed by atoms with Crippen LogP contribution in [0.4, 0.5) is 5.13 Å². The van der Waals surface area contributed by atoms with Crippen LogP contribution in [-0.4, -0.2) is 33.5 Å². The molecule has 0 aliphatic carbocycles. The highest BCUT2D eigenvalue weighted by atomic mass is 35.5. The van der Waals surface area contributed by atoms with Gasteiger partial charge in [0, 0.05) is 30.5 Å². The normalized spacial score (nSPS) is 11.1. The zero-order valence-corrected chi connectivity index (χ0v) is 14.8. The molecule has 2 heterocycles. The summed E-state index contributed by atoms with van der Waals surface area (Å²) in [5, 5.41) is 1.34. The molecule has 0 radical (unpaired) electrons. The second-order valence-corrected chi connectivity index (χ2v) is 6.91. The van der Waals surface area contributed by atoms with Crippen LogP contribution in [0.15, 0.2) is 30.9 Å². The number of benzene rings is 1. The topological polar surface area (TPSA) is 77.0 Å². The summed E-state index contributed by atoms with van der Waals surface area (Å²) in [5.41, 5.74) is 7.45. The van der Waals surface area contributed by atoms with Crippen molar-refractivity contribution in [3.05, 3.63) is 41.4 Å². The molecule has 1 aromatic carbocycles. The number of halogens is 1. The fraction of sp³-hybridized carbons (Fsp3) is 0.312. The van der Waals surface area contributed by atoms with E-state index in [-0.39, 0.29) is 12.5 Å². The van der Waals surface area contributed by atoms with E-state index in [2.05, 4.69) is 9.97 Å². The second kappa shape index (κ2) is 7.29. The lowest BCUT2D eigenvalue weighted by Gasteiger charge is -2.19. The summed E-state index contributed by atoms with van der Waals surface area (Å²) < 4.78 is 2.95. The van der Waals surface area contributed by atoms with Crippen LogP contribution in [0.3, 0.4) is 0 Å². The van der Waals surface area contributed by atoms with Gasteiger partial charge in [0.05, 0.1) is 23.1 Å². The first-order chi connectivity index (χ1) is 11.6.